The van der Waals surface area contributed by atoms with Crippen molar-refractivity contribution in [3.8, 4) is 0 Å². The normalized spacial score (nSPS) is 18.8. The van der Waals surface area contributed by atoms with Crippen LogP contribution in [-0.4, -0.2) is 34.9 Å². The van der Waals surface area contributed by atoms with Gasteiger partial charge in [0.2, 0.25) is 11.8 Å². The van der Waals surface area contributed by atoms with Crippen LogP contribution in [0.5, 0.6) is 0 Å². The average Bonchev–Trinajstić information content (AvgIpc) is 3.11. The van der Waals surface area contributed by atoms with E-state index in [1.807, 2.05) is 45.0 Å². The summed E-state index contributed by atoms with van der Waals surface area (Å²) >= 11 is 0. The van der Waals surface area contributed by atoms with E-state index < -0.39 is 18.2 Å². The number of cyclic esters (lactones) is 1. The Kier molecular flexibility index (Phi) is 7.51. The van der Waals surface area contributed by atoms with Gasteiger partial charge >= 0.3 is 6.09 Å². The number of hydrogen-bond donors (Lipinski definition) is 2. The molecule has 1 aliphatic rings. The van der Waals surface area contributed by atoms with Crippen LogP contribution in [-0.2, 0) is 20.9 Å². The first-order chi connectivity index (χ1) is 15.3. The van der Waals surface area contributed by atoms with Crippen molar-refractivity contribution in [3.63, 3.8) is 0 Å². The molecular weight excluding hydrogens is 406 g/mol. The van der Waals surface area contributed by atoms with Crippen LogP contribution in [0.25, 0.3) is 0 Å². The molecule has 0 unspecified atom stereocenters. The molecular formula is C25H31N3O4. The highest BCUT2D eigenvalue weighted by molar-refractivity contribution is 5.91. The molecule has 1 fully saturated rings. The number of anilines is 1. The summed E-state index contributed by atoms with van der Waals surface area (Å²) in [6.07, 6.45) is -0.195. The summed E-state index contributed by atoms with van der Waals surface area (Å²) in [5, 5.41) is 5.80. The fourth-order valence-corrected chi connectivity index (χ4v) is 3.57. The summed E-state index contributed by atoms with van der Waals surface area (Å²) in [5.74, 6) is -0.372. The summed E-state index contributed by atoms with van der Waals surface area (Å²) in [7, 11) is 0. The van der Waals surface area contributed by atoms with E-state index in [0.717, 1.165) is 17.5 Å². The fraction of sp³-hybridized carbons (Fsp3) is 0.400. The van der Waals surface area contributed by atoms with Gasteiger partial charge in [-0.1, -0.05) is 55.8 Å². The molecule has 3 atom stereocenters. The molecule has 7 nitrogen and oxygen atoms in total. The molecule has 0 saturated carbocycles. The van der Waals surface area contributed by atoms with Crippen LogP contribution < -0.4 is 10.6 Å². The number of nitrogens with zero attached hydrogens (tertiary/aromatic N) is 1. The lowest BCUT2D eigenvalue weighted by Gasteiger charge is -2.26. The second-order valence-electron chi connectivity index (χ2n) is 8.21. The number of ether oxygens (including phenoxy) is 1. The standard InChI is InChI=1S/C25H31N3O4/c1-5-17(4)26-24(30)22-23(19-8-7-9-20(14-19)27-21(29)6-2)32-25(31)28(22)15-18-12-10-16(3)11-13-18/h7-14,17,22-23H,5-6,15H2,1-4H3,(H,26,30)(H,27,29)/t17-,22-,23-/m0/s1. The summed E-state index contributed by atoms with van der Waals surface area (Å²) in [6.45, 7) is 7.95. The van der Waals surface area contributed by atoms with Crippen LogP contribution in [0, 0.1) is 6.92 Å². The minimum atomic E-state index is -0.824. The molecule has 32 heavy (non-hydrogen) atoms. The van der Waals surface area contributed by atoms with Crippen molar-refractivity contribution in [2.75, 3.05) is 5.32 Å². The van der Waals surface area contributed by atoms with Gasteiger partial charge in [0.25, 0.3) is 0 Å². The number of rotatable bonds is 8. The number of carbonyl (C=O) groups excluding carboxylic acids is 3. The lowest BCUT2D eigenvalue weighted by molar-refractivity contribution is -0.127. The molecule has 2 aromatic rings. The van der Waals surface area contributed by atoms with Crippen molar-refractivity contribution < 1.29 is 19.1 Å². The maximum absolute atomic E-state index is 13.3. The van der Waals surface area contributed by atoms with Crippen molar-refractivity contribution in [1.29, 1.82) is 0 Å². The molecule has 0 aliphatic carbocycles. The Morgan fingerprint density at radius 1 is 1.12 bits per heavy atom. The van der Waals surface area contributed by atoms with Gasteiger partial charge in [0.15, 0.2) is 12.1 Å². The maximum Gasteiger partial charge on any atom is 0.411 e. The molecule has 1 heterocycles. The van der Waals surface area contributed by atoms with Crippen molar-refractivity contribution in [3.05, 3.63) is 65.2 Å². The number of benzene rings is 2. The van der Waals surface area contributed by atoms with Gasteiger partial charge in [-0.15, -0.1) is 0 Å². The average molecular weight is 438 g/mol. The molecule has 2 aromatic carbocycles. The first-order valence-corrected chi connectivity index (χ1v) is 11.0. The molecule has 170 valence electrons. The number of nitrogens with one attached hydrogen (secondary N) is 2. The van der Waals surface area contributed by atoms with Crippen LogP contribution in [0.1, 0.15) is 56.4 Å². The number of aryl methyl sites for hydroxylation is 1. The monoisotopic (exact) mass is 437 g/mol. The maximum atomic E-state index is 13.3. The van der Waals surface area contributed by atoms with Crippen LogP contribution in [0.4, 0.5) is 10.5 Å². The molecule has 0 radical (unpaired) electrons. The van der Waals surface area contributed by atoms with Crippen molar-refractivity contribution in [2.24, 2.45) is 0 Å². The number of amides is 3. The summed E-state index contributed by atoms with van der Waals surface area (Å²) in [6, 6.07) is 14.1. The van der Waals surface area contributed by atoms with E-state index in [-0.39, 0.29) is 24.4 Å². The third kappa shape index (κ3) is 5.46. The van der Waals surface area contributed by atoms with E-state index in [4.69, 9.17) is 4.74 Å². The van der Waals surface area contributed by atoms with Crippen molar-refractivity contribution in [2.45, 2.75) is 65.3 Å². The van der Waals surface area contributed by atoms with E-state index in [1.165, 1.54) is 4.90 Å². The first kappa shape index (κ1) is 23.3. The quantitative estimate of drug-likeness (QED) is 0.644. The lowest BCUT2D eigenvalue weighted by atomic mass is 9.99. The minimum absolute atomic E-state index is 0.0322. The highest BCUT2D eigenvalue weighted by atomic mass is 16.6. The van der Waals surface area contributed by atoms with Crippen molar-refractivity contribution >= 4 is 23.6 Å². The Morgan fingerprint density at radius 3 is 2.50 bits per heavy atom. The molecule has 1 aliphatic heterocycles. The summed E-state index contributed by atoms with van der Waals surface area (Å²) in [5.41, 5.74) is 3.29. The number of carbonyl (C=O) groups is 3. The molecule has 3 rings (SSSR count). The zero-order chi connectivity index (χ0) is 23.3. The van der Waals surface area contributed by atoms with Crippen LogP contribution in [0.3, 0.4) is 0 Å². The second kappa shape index (κ2) is 10.3. The van der Waals surface area contributed by atoms with Crippen LogP contribution >= 0.6 is 0 Å². The zero-order valence-electron chi connectivity index (χ0n) is 19.1. The van der Waals surface area contributed by atoms with E-state index in [1.54, 1.807) is 31.2 Å². The number of hydrogen-bond acceptors (Lipinski definition) is 4. The Balaban J connectivity index is 1.92. The van der Waals surface area contributed by atoms with E-state index >= 15 is 0 Å². The summed E-state index contributed by atoms with van der Waals surface area (Å²) in [4.78, 5) is 39.4. The van der Waals surface area contributed by atoms with Gasteiger partial charge in [0, 0.05) is 18.2 Å². The third-order valence-corrected chi connectivity index (χ3v) is 5.65. The second-order valence-corrected chi connectivity index (χ2v) is 8.21. The molecule has 3 amide bonds. The molecule has 1 saturated heterocycles. The van der Waals surface area contributed by atoms with E-state index in [0.29, 0.717) is 17.7 Å². The predicted molar refractivity (Wildman–Crippen MR) is 123 cm³/mol. The molecule has 0 aromatic heterocycles. The SMILES string of the molecule is CCC(=O)Nc1cccc([C@@H]2OC(=O)N(Cc3ccc(C)cc3)[C@@H]2C(=O)N[C@@H](C)CC)c1. The largest absolute Gasteiger partial charge is 0.438 e. The van der Waals surface area contributed by atoms with Gasteiger partial charge in [-0.2, -0.15) is 0 Å². The molecule has 0 spiro atoms. The van der Waals surface area contributed by atoms with Gasteiger partial charge in [0.1, 0.15) is 0 Å². The van der Waals surface area contributed by atoms with Gasteiger partial charge in [-0.3, -0.25) is 14.5 Å². The van der Waals surface area contributed by atoms with Gasteiger partial charge in [0.05, 0.1) is 6.54 Å². The van der Waals surface area contributed by atoms with Gasteiger partial charge < -0.3 is 15.4 Å². The minimum Gasteiger partial charge on any atom is -0.438 e. The van der Waals surface area contributed by atoms with Crippen LogP contribution in [0.15, 0.2) is 48.5 Å². The molecule has 2 N–H and O–H groups in total. The zero-order valence-corrected chi connectivity index (χ0v) is 19.1. The van der Waals surface area contributed by atoms with E-state index in [2.05, 4.69) is 10.6 Å². The third-order valence-electron chi connectivity index (χ3n) is 5.65. The first-order valence-electron chi connectivity index (χ1n) is 11.0. The Bertz CT molecular complexity index is 973. The Labute approximate surface area is 189 Å². The molecule has 0 bridgehead atoms. The lowest BCUT2D eigenvalue weighted by Crippen LogP contribution is -2.48. The van der Waals surface area contributed by atoms with Crippen LogP contribution in [0.2, 0.25) is 0 Å². The highest BCUT2D eigenvalue weighted by Crippen LogP contribution is 2.35. The predicted octanol–water partition coefficient (Wildman–Crippen LogP) is 4.32. The van der Waals surface area contributed by atoms with Gasteiger partial charge in [-0.05, 0) is 43.5 Å². The highest BCUT2D eigenvalue weighted by Gasteiger charge is 2.47. The molecule has 7 heteroatoms. The van der Waals surface area contributed by atoms with Gasteiger partial charge in [-0.25, -0.2) is 4.79 Å². The van der Waals surface area contributed by atoms with E-state index in [9.17, 15) is 14.4 Å². The Morgan fingerprint density at radius 2 is 1.84 bits per heavy atom. The fourth-order valence-electron chi connectivity index (χ4n) is 3.57. The Hall–Kier alpha value is -3.35. The summed E-state index contributed by atoms with van der Waals surface area (Å²) < 4.78 is 5.70. The topological polar surface area (TPSA) is 87.7 Å². The smallest absolute Gasteiger partial charge is 0.411 e. The van der Waals surface area contributed by atoms with Crippen molar-refractivity contribution in [1.82, 2.24) is 10.2 Å².